The fourth-order valence-corrected chi connectivity index (χ4v) is 1.93. The van der Waals surface area contributed by atoms with Gasteiger partial charge in [0.2, 0.25) is 0 Å². The number of anilines is 1. The molecule has 0 spiro atoms. The average Bonchev–Trinajstić information content (AvgIpc) is 2.36. The van der Waals surface area contributed by atoms with Gasteiger partial charge in [-0.3, -0.25) is 0 Å². The second-order valence-electron chi connectivity index (χ2n) is 5.22. The number of rotatable bonds is 8. The van der Waals surface area contributed by atoms with Gasteiger partial charge in [0.1, 0.15) is 5.82 Å². The van der Waals surface area contributed by atoms with E-state index in [1.54, 1.807) is 12.1 Å². The molecule has 0 radical (unpaired) electrons. The summed E-state index contributed by atoms with van der Waals surface area (Å²) in [7, 11) is 0. The second-order valence-corrected chi connectivity index (χ2v) is 5.22. The molecule has 0 aliphatic rings. The highest BCUT2D eigenvalue weighted by Crippen LogP contribution is 2.14. The van der Waals surface area contributed by atoms with Crippen molar-refractivity contribution in [2.75, 3.05) is 31.1 Å². The molecule has 1 rings (SSSR count). The molecule has 108 valence electrons. The van der Waals surface area contributed by atoms with Crippen molar-refractivity contribution in [1.82, 2.24) is 5.32 Å². The monoisotopic (exact) mass is 268 g/mol. The molecular weight excluding hydrogens is 243 g/mol. The first-order valence-electron chi connectivity index (χ1n) is 6.92. The van der Waals surface area contributed by atoms with E-state index in [1.165, 1.54) is 12.1 Å². The minimum atomic E-state index is -0.427. The van der Waals surface area contributed by atoms with Crippen LogP contribution in [0.2, 0.25) is 0 Å². The topological polar surface area (TPSA) is 35.5 Å². The fraction of sp³-hybridized carbons (Fsp3) is 0.600. The van der Waals surface area contributed by atoms with Crippen LogP contribution < -0.4 is 10.2 Å². The summed E-state index contributed by atoms with van der Waals surface area (Å²) in [6.45, 7) is 9.11. The van der Waals surface area contributed by atoms with Crippen molar-refractivity contribution in [1.29, 1.82) is 0 Å². The molecule has 0 aliphatic heterocycles. The lowest BCUT2D eigenvalue weighted by molar-refractivity contribution is 0.175. The van der Waals surface area contributed by atoms with Crippen molar-refractivity contribution < 1.29 is 9.50 Å². The summed E-state index contributed by atoms with van der Waals surface area (Å²) in [6.07, 6.45) is -0.427. The highest BCUT2D eigenvalue weighted by molar-refractivity contribution is 5.46. The van der Waals surface area contributed by atoms with Crippen LogP contribution in [0.15, 0.2) is 24.3 Å². The Morgan fingerprint density at radius 3 is 2.37 bits per heavy atom. The second kappa shape index (κ2) is 8.12. The molecule has 2 N–H and O–H groups in total. The number of aliphatic hydroxyl groups is 1. The van der Waals surface area contributed by atoms with Gasteiger partial charge >= 0.3 is 0 Å². The van der Waals surface area contributed by atoms with Crippen molar-refractivity contribution >= 4 is 5.69 Å². The fourth-order valence-electron chi connectivity index (χ4n) is 1.93. The Balaban J connectivity index is 2.45. The normalized spacial score (nSPS) is 12.7. The van der Waals surface area contributed by atoms with Gasteiger partial charge in [-0.15, -0.1) is 0 Å². The first-order chi connectivity index (χ1) is 9.02. The van der Waals surface area contributed by atoms with E-state index in [0.29, 0.717) is 19.0 Å². The number of hydrogen-bond acceptors (Lipinski definition) is 3. The van der Waals surface area contributed by atoms with Crippen LogP contribution in [0.1, 0.15) is 20.8 Å². The zero-order chi connectivity index (χ0) is 14.3. The Morgan fingerprint density at radius 1 is 1.21 bits per heavy atom. The maximum absolute atomic E-state index is 12.9. The number of nitrogens with one attached hydrogen (secondary N) is 1. The standard InChI is InChI=1S/C15H25FN2O/c1-4-18(14-7-5-13(16)6-8-14)11-15(19)10-17-9-12(2)3/h5-8,12,15,17,19H,4,9-11H2,1-3H3. The third-order valence-corrected chi connectivity index (χ3v) is 2.94. The Bertz CT molecular complexity index is 354. The number of aliphatic hydroxyl groups excluding tert-OH is 1. The number of halogens is 1. The van der Waals surface area contributed by atoms with Gasteiger partial charge in [-0.1, -0.05) is 13.8 Å². The minimum absolute atomic E-state index is 0.237. The molecule has 3 nitrogen and oxygen atoms in total. The average molecular weight is 268 g/mol. The van der Waals surface area contributed by atoms with Crippen LogP contribution in [0.5, 0.6) is 0 Å². The van der Waals surface area contributed by atoms with Gasteiger partial charge in [-0.25, -0.2) is 4.39 Å². The Hall–Kier alpha value is -1.13. The lowest BCUT2D eigenvalue weighted by Crippen LogP contribution is -2.39. The molecule has 0 fully saturated rings. The molecule has 1 unspecified atom stereocenters. The Labute approximate surface area is 115 Å². The summed E-state index contributed by atoms with van der Waals surface area (Å²) < 4.78 is 12.9. The van der Waals surface area contributed by atoms with E-state index >= 15 is 0 Å². The van der Waals surface area contributed by atoms with E-state index in [9.17, 15) is 9.50 Å². The van der Waals surface area contributed by atoms with Gasteiger partial charge in [0.25, 0.3) is 0 Å². The molecule has 0 amide bonds. The van der Waals surface area contributed by atoms with E-state index in [1.807, 2.05) is 11.8 Å². The van der Waals surface area contributed by atoms with Gasteiger partial charge in [-0.2, -0.15) is 0 Å². The van der Waals surface area contributed by atoms with Crippen LogP contribution in [0.3, 0.4) is 0 Å². The van der Waals surface area contributed by atoms with Crippen LogP contribution in [0.25, 0.3) is 0 Å². The predicted molar refractivity (Wildman–Crippen MR) is 78.0 cm³/mol. The van der Waals surface area contributed by atoms with Gasteiger partial charge in [0.15, 0.2) is 0 Å². The van der Waals surface area contributed by atoms with E-state index in [4.69, 9.17) is 0 Å². The smallest absolute Gasteiger partial charge is 0.123 e. The zero-order valence-corrected chi connectivity index (χ0v) is 12.1. The van der Waals surface area contributed by atoms with Crippen molar-refractivity contribution in [3.8, 4) is 0 Å². The SMILES string of the molecule is CCN(CC(O)CNCC(C)C)c1ccc(F)cc1. The van der Waals surface area contributed by atoms with Crippen LogP contribution in [0.4, 0.5) is 10.1 Å². The van der Waals surface area contributed by atoms with Crippen LogP contribution >= 0.6 is 0 Å². The molecule has 0 bridgehead atoms. The number of nitrogens with zero attached hydrogens (tertiary/aromatic N) is 1. The summed E-state index contributed by atoms with van der Waals surface area (Å²) in [4.78, 5) is 2.04. The highest BCUT2D eigenvalue weighted by atomic mass is 19.1. The summed E-state index contributed by atoms with van der Waals surface area (Å²) in [5.74, 6) is 0.338. The van der Waals surface area contributed by atoms with Gasteiger partial charge < -0.3 is 15.3 Å². The third kappa shape index (κ3) is 6.03. The Morgan fingerprint density at radius 2 is 1.84 bits per heavy atom. The van der Waals surface area contributed by atoms with Crippen LogP contribution in [0, 0.1) is 11.7 Å². The summed E-state index contributed by atoms with van der Waals surface area (Å²) in [6, 6.07) is 6.38. The van der Waals surface area contributed by atoms with Crippen LogP contribution in [-0.2, 0) is 0 Å². The maximum atomic E-state index is 12.9. The summed E-state index contributed by atoms with van der Waals surface area (Å²) in [5, 5.41) is 13.2. The molecule has 4 heteroatoms. The molecule has 1 aromatic carbocycles. The first kappa shape index (κ1) is 15.9. The molecule has 0 heterocycles. The van der Waals surface area contributed by atoms with Crippen molar-refractivity contribution in [2.24, 2.45) is 5.92 Å². The molecule has 0 saturated heterocycles. The largest absolute Gasteiger partial charge is 0.390 e. The number of benzene rings is 1. The Kier molecular flexibility index (Phi) is 6.81. The molecule has 1 aromatic rings. The molecule has 0 saturated carbocycles. The lowest BCUT2D eigenvalue weighted by atomic mass is 10.2. The van der Waals surface area contributed by atoms with Gasteiger partial charge in [0, 0.05) is 25.3 Å². The van der Waals surface area contributed by atoms with Crippen molar-refractivity contribution in [3.63, 3.8) is 0 Å². The van der Waals surface area contributed by atoms with Gasteiger partial charge in [0.05, 0.1) is 6.10 Å². The minimum Gasteiger partial charge on any atom is -0.390 e. The molecule has 0 aromatic heterocycles. The third-order valence-electron chi connectivity index (χ3n) is 2.94. The zero-order valence-electron chi connectivity index (χ0n) is 12.1. The summed E-state index contributed by atoms with van der Waals surface area (Å²) >= 11 is 0. The lowest BCUT2D eigenvalue weighted by Gasteiger charge is -2.26. The molecular formula is C15H25FN2O. The number of hydrogen-bond donors (Lipinski definition) is 2. The molecule has 19 heavy (non-hydrogen) atoms. The quantitative estimate of drug-likeness (QED) is 0.759. The number of likely N-dealkylation sites (N-methyl/N-ethyl adjacent to an activating group) is 1. The van der Waals surface area contributed by atoms with Crippen molar-refractivity contribution in [3.05, 3.63) is 30.1 Å². The molecule has 1 atom stereocenters. The van der Waals surface area contributed by atoms with E-state index < -0.39 is 6.10 Å². The maximum Gasteiger partial charge on any atom is 0.123 e. The van der Waals surface area contributed by atoms with Gasteiger partial charge in [-0.05, 0) is 43.7 Å². The van der Waals surface area contributed by atoms with Crippen molar-refractivity contribution in [2.45, 2.75) is 26.9 Å². The molecule has 0 aliphatic carbocycles. The summed E-state index contributed by atoms with van der Waals surface area (Å²) in [5.41, 5.74) is 0.937. The van der Waals surface area contributed by atoms with E-state index in [0.717, 1.165) is 18.8 Å². The first-order valence-corrected chi connectivity index (χ1v) is 6.92. The predicted octanol–water partition coefficient (Wildman–Crippen LogP) is 2.26. The van der Waals surface area contributed by atoms with E-state index in [2.05, 4.69) is 19.2 Å². The van der Waals surface area contributed by atoms with E-state index in [-0.39, 0.29) is 5.82 Å². The highest BCUT2D eigenvalue weighted by Gasteiger charge is 2.11. The van der Waals surface area contributed by atoms with Crippen LogP contribution in [-0.4, -0.2) is 37.4 Å².